The lowest BCUT2D eigenvalue weighted by atomic mass is 10.1. The fourth-order valence-electron chi connectivity index (χ4n) is 4.34. The Balaban J connectivity index is 1.27. The highest BCUT2D eigenvalue weighted by molar-refractivity contribution is 5.91. The molecule has 5 rings (SSSR count). The Morgan fingerprint density at radius 3 is 2.81 bits per heavy atom. The smallest absolute Gasteiger partial charge is 0.273 e. The number of nitrogens with zero attached hydrogens (tertiary/aromatic N) is 3. The molecule has 2 N–H and O–H groups in total. The minimum atomic E-state index is -0.278. The van der Waals surface area contributed by atoms with Crippen molar-refractivity contribution < 1.29 is 9.21 Å². The van der Waals surface area contributed by atoms with Gasteiger partial charge in [0.05, 0.1) is 18.8 Å². The van der Waals surface area contributed by atoms with Crippen molar-refractivity contribution in [2.75, 3.05) is 6.54 Å². The zero-order valence-corrected chi connectivity index (χ0v) is 20.3. The van der Waals surface area contributed by atoms with Gasteiger partial charge < -0.3 is 14.7 Å². The normalized spacial score (nSPS) is 11.3. The van der Waals surface area contributed by atoms with Crippen LogP contribution in [0.15, 0.2) is 89.8 Å². The van der Waals surface area contributed by atoms with Gasteiger partial charge in [0.25, 0.3) is 5.91 Å². The van der Waals surface area contributed by atoms with Gasteiger partial charge >= 0.3 is 0 Å². The van der Waals surface area contributed by atoms with Gasteiger partial charge in [-0.15, -0.1) is 0 Å². The number of benzene rings is 2. The minimum absolute atomic E-state index is 0.271. The maximum Gasteiger partial charge on any atom is 0.273 e. The molecule has 3 aromatic heterocycles. The molecule has 2 aromatic carbocycles. The molecule has 182 valence electrons. The van der Waals surface area contributed by atoms with Crippen molar-refractivity contribution in [1.29, 1.82) is 0 Å². The number of carbonyl (C=O) groups excluding carboxylic acids is 1. The molecule has 5 aromatic rings. The molecule has 0 saturated heterocycles. The summed E-state index contributed by atoms with van der Waals surface area (Å²) in [5.74, 6) is 0.240. The third-order valence-electron chi connectivity index (χ3n) is 6.16. The monoisotopic (exact) mass is 479 g/mol. The number of aromatic nitrogens is 3. The van der Waals surface area contributed by atoms with Crippen LogP contribution in [0.1, 0.15) is 38.8 Å². The number of nitrogens with one attached hydrogen (secondary N) is 2. The fraction of sp³-hybridized carbons (Fsp3) is 0.207. The van der Waals surface area contributed by atoms with Gasteiger partial charge in [0.2, 0.25) is 5.89 Å². The summed E-state index contributed by atoms with van der Waals surface area (Å²) in [6.45, 7) is 4.52. The van der Waals surface area contributed by atoms with E-state index in [0.717, 1.165) is 30.7 Å². The molecule has 0 bridgehead atoms. The fourth-order valence-corrected chi connectivity index (χ4v) is 4.34. The summed E-state index contributed by atoms with van der Waals surface area (Å²) in [6, 6.07) is 22.5. The van der Waals surface area contributed by atoms with Crippen LogP contribution in [0.2, 0.25) is 0 Å². The highest BCUT2D eigenvalue weighted by Gasteiger charge is 2.16. The second-order valence-electron chi connectivity index (χ2n) is 8.94. The van der Waals surface area contributed by atoms with Gasteiger partial charge in [0, 0.05) is 36.4 Å². The van der Waals surface area contributed by atoms with Crippen molar-refractivity contribution in [3.8, 4) is 0 Å². The Morgan fingerprint density at radius 1 is 1.06 bits per heavy atom. The first kappa shape index (κ1) is 23.5. The Hall–Kier alpha value is -4.23. The van der Waals surface area contributed by atoms with Crippen LogP contribution in [-0.4, -0.2) is 32.3 Å². The average molecular weight is 480 g/mol. The molecule has 0 saturated carbocycles. The van der Waals surface area contributed by atoms with Crippen LogP contribution in [0.4, 0.5) is 0 Å². The molecule has 0 aliphatic rings. The van der Waals surface area contributed by atoms with Gasteiger partial charge in [0.15, 0.2) is 5.69 Å². The lowest BCUT2D eigenvalue weighted by molar-refractivity contribution is 0.0945. The van der Waals surface area contributed by atoms with Gasteiger partial charge in [-0.25, -0.2) is 4.98 Å². The largest absolute Gasteiger partial charge is 0.447 e. The summed E-state index contributed by atoms with van der Waals surface area (Å²) in [5, 5.41) is 4.09. The van der Waals surface area contributed by atoms with Crippen molar-refractivity contribution in [1.82, 2.24) is 25.2 Å². The molecule has 0 aliphatic heterocycles. The molecule has 0 spiro atoms. The number of hydrogen-bond donors (Lipinski definition) is 2. The Bertz CT molecular complexity index is 1440. The highest BCUT2D eigenvalue weighted by Crippen LogP contribution is 2.20. The zero-order chi connectivity index (χ0) is 24.7. The van der Waals surface area contributed by atoms with Crippen LogP contribution < -0.4 is 5.32 Å². The van der Waals surface area contributed by atoms with E-state index in [1.807, 2.05) is 24.3 Å². The quantitative estimate of drug-likeness (QED) is 0.293. The summed E-state index contributed by atoms with van der Waals surface area (Å²) < 4.78 is 5.70. The van der Waals surface area contributed by atoms with E-state index >= 15 is 0 Å². The summed E-state index contributed by atoms with van der Waals surface area (Å²) in [7, 11) is 0. The Kier molecular flexibility index (Phi) is 7.19. The second kappa shape index (κ2) is 11.0. The predicted molar refractivity (Wildman–Crippen MR) is 139 cm³/mol. The number of oxazole rings is 1. The number of hydrogen-bond acceptors (Lipinski definition) is 5. The van der Waals surface area contributed by atoms with Crippen molar-refractivity contribution in [3.05, 3.63) is 119 Å². The third kappa shape index (κ3) is 5.87. The van der Waals surface area contributed by atoms with E-state index in [-0.39, 0.29) is 11.6 Å². The SMILES string of the molecule is Cc1cccc(CN(CCc2c[nH]c3ccccc23)Cc2nc(C(=O)NCc3ccccn3)co2)c1. The number of aromatic amines is 1. The van der Waals surface area contributed by atoms with Gasteiger partial charge in [-0.1, -0.05) is 54.1 Å². The van der Waals surface area contributed by atoms with Crippen LogP contribution in [0.25, 0.3) is 10.9 Å². The molecule has 7 heteroatoms. The number of para-hydroxylation sites is 1. The number of aryl methyl sites for hydroxylation is 1. The van der Waals surface area contributed by atoms with Crippen LogP contribution in [-0.2, 0) is 26.1 Å². The van der Waals surface area contributed by atoms with Crippen molar-refractivity contribution in [3.63, 3.8) is 0 Å². The molecule has 0 atom stereocenters. The van der Waals surface area contributed by atoms with E-state index in [1.54, 1.807) is 6.20 Å². The summed E-state index contributed by atoms with van der Waals surface area (Å²) in [4.78, 5) is 26.9. The minimum Gasteiger partial charge on any atom is -0.447 e. The van der Waals surface area contributed by atoms with E-state index in [4.69, 9.17) is 4.42 Å². The van der Waals surface area contributed by atoms with E-state index in [1.165, 1.54) is 28.3 Å². The van der Waals surface area contributed by atoms with E-state index < -0.39 is 0 Å². The van der Waals surface area contributed by atoms with E-state index in [2.05, 4.69) is 80.8 Å². The van der Waals surface area contributed by atoms with E-state index in [0.29, 0.717) is 19.0 Å². The lowest BCUT2D eigenvalue weighted by Crippen LogP contribution is -2.26. The summed E-state index contributed by atoms with van der Waals surface area (Å²) in [6.07, 6.45) is 6.10. The van der Waals surface area contributed by atoms with Gasteiger partial charge in [-0.3, -0.25) is 14.7 Å². The molecular weight excluding hydrogens is 450 g/mol. The first-order chi connectivity index (χ1) is 17.6. The summed E-state index contributed by atoms with van der Waals surface area (Å²) in [5.41, 5.74) is 5.94. The molecule has 1 amide bonds. The number of amides is 1. The highest BCUT2D eigenvalue weighted by atomic mass is 16.3. The number of fused-ring (bicyclic) bond motifs is 1. The van der Waals surface area contributed by atoms with Crippen LogP contribution in [0, 0.1) is 6.92 Å². The molecule has 0 unspecified atom stereocenters. The van der Waals surface area contributed by atoms with Crippen molar-refractivity contribution in [2.24, 2.45) is 0 Å². The van der Waals surface area contributed by atoms with Crippen LogP contribution in [0.5, 0.6) is 0 Å². The topological polar surface area (TPSA) is 87.0 Å². The molecule has 0 radical (unpaired) electrons. The molecular formula is C29H29N5O2. The number of rotatable bonds is 10. The predicted octanol–water partition coefficient (Wildman–Crippen LogP) is 5.03. The van der Waals surface area contributed by atoms with E-state index in [9.17, 15) is 4.79 Å². The third-order valence-corrected chi connectivity index (χ3v) is 6.16. The van der Waals surface area contributed by atoms with Gasteiger partial charge in [-0.05, 0) is 42.7 Å². The maximum atomic E-state index is 12.6. The Labute approximate surface area is 210 Å². The van der Waals surface area contributed by atoms with Crippen LogP contribution in [0.3, 0.4) is 0 Å². The second-order valence-corrected chi connectivity index (χ2v) is 8.94. The molecule has 36 heavy (non-hydrogen) atoms. The molecule has 0 aliphatic carbocycles. The summed E-state index contributed by atoms with van der Waals surface area (Å²) >= 11 is 0. The first-order valence-corrected chi connectivity index (χ1v) is 12.1. The number of carbonyl (C=O) groups is 1. The average Bonchev–Trinajstić information content (AvgIpc) is 3.54. The lowest BCUT2D eigenvalue weighted by Gasteiger charge is -2.21. The number of H-pyrrole nitrogens is 1. The van der Waals surface area contributed by atoms with Gasteiger partial charge in [-0.2, -0.15) is 0 Å². The molecule has 7 nitrogen and oxygen atoms in total. The first-order valence-electron chi connectivity index (χ1n) is 12.1. The van der Waals surface area contributed by atoms with Crippen molar-refractivity contribution >= 4 is 16.8 Å². The van der Waals surface area contributed by atoms with Crippen molar-refractivity contribution in [2.45, 2.75) is 33.0 Å². The maximum absolute atomic E-state index is 12.6. The van der Waals surface area contributed by atoms with Gasteiger partial charge in [0.1, 0.15) is 6.26 Å². The zero-order valence-electron chi connectivity index (χ0n) is 20.3. The molecule has 0 fully saturated rings. The number of pyridine rings is 1. The standard InChI is InChI=1S/C29H29N5O2/c1-21-7-6-8-22(15-21)18-34(14-12-23-16-31-26-11-3-2-10-25(23)26)19-28-33-27(20-36-28)29(35)32-17-24-9-4-5-13-30-24/h2-11,13,15-16,20,31H,12,14,17-19H2,1H3,(H,32,35). The Morgan fingerprint density at radius 2 is 1.94 bits per heavy atom. The van der Waals surface area contributed by atoms with Crippen LogP contribution >= 0.6 is 0 Å². The molecule has 3 heterocycles.